The van der Waals surface area contributed by atoms with E-state index < -0.39 is 0 Å². The normalized spacial score (nSPS) is 13.4. The van der Waals surface area contributed by atoms with Crippen molar-refractivity contribution in [3.8, 4) is 17.0 Å². The number of nitrogens with zero attached hydrogens (tertiary/aromatic N) is 4. The standard InChI is InChI=1S/C19H18N4O2/c1-25-15-7-5-14(6-8-15)17-12-21-18-13-22(10-11-23(17)18)19(24)16-4-2-3-9-20-16/h2-9,12H,10-11,13H2,1H3. The average Bonchev–Trinajstić information content (AvgIpc) is 3.11. The first-order valence-electron chi connectivity index (χ1n) is 8.15. The summed E-state index contributed by atoms with van der Waals surface area (Å²) in [5, 5.41) is 0. The van der Waals surface area contributed by atoms with Crippen molar-refractivity contribution < 1.29 is 9.53 Å². The number of imidazole rings is 1. The zero-order valence-electron chi connectivity index (χ0n) is 13.9. The number of pyridine rings is 1. The number of carbonyl (C=O) groups is 1. The Bertz CT molecular complexity index is 888. The van der Waals surface area contributed by atoms with Crippen LogP contribution in [-0.4, -0.2) is 39.0 Å². The van der Waals surface area contributed by atoms with Gasteiger partial charge in [-0.25, -0.2) is 4.98 Å². The molecule has 126 valence electrons. The second-order valence-corrected chi connectivity index (χ2v) is 5.88. The number of rotatable bonds is 3. The predicted molar refractivity (Wildman–Crippen MR) is 93.2 cm³/mol. The van der Waals surface area contributed by atoms with Crippen LogP contribution in [0.3, 0.4) is 0 Å². The molecule has 4 rings (SSSR count). The zero-order valence-corrected chi connectivity index (χ0v) is 13.9. The molecule has 0 aliphatic carbocycles. The predicted octanol–water partition coefficient (Wildman–Crippen LogP) is 2.61. The van der Waals surface area contributed by atoms with E-state index in [4.69, 9.17) is 4.74 Å². The molecule has 0 spiro atoms. The first-order chi connectivity index (χ1) is 12.3. The van der Waals surface area contributed by atoms with Crippen molar-refractivity contribution in [3.63, 3.8) is 0 Å². The van der Waals surface area contributed by atoms with E-state index in [1.807, 2.05) is 36.5 Å². The van der Waals surface area contributed by atoms with Crippen LogP contribution in [0.2, 0.25) is 0 Å². The van der Waals surface area contributed by atoms with Gasteiger partial charge in [-0.3, -0.25) is 9.78 Å². The molecule has 1 aliphatic rings. The molecule has 0 radical (unpaired) electrons. The summed E-state index contributed by atoms with van der Waals surface area (Å²) in [5.41, 5.74) is 2.62. The molecule has 6 heteroatoms. The summed E-state index contributed by atoms with van der Waals surface area (Å²) >= 11 is 0. The monoisotopic (exact) mass is 334 g/mol. The van der Waals surface area contributed by atoms with Gasteiger partial charge in [0.2, 0.25) is 0 Å². The summed E-state index contributed by atoms with van der Waals surface area (Å²) in [6, 6.07) is 13.3. The number of amides is 1. The van der Waals surface area contributed by atoms with E-state index in [2.05, 4.69) is 14.5 Å². The van der Waals surface area contributed by atoms with Gasteiger partial charge in [-0.2, -0.15) is 0 Å². The van der Waals surface area contributed by atoms with E-state index in [0.717, 1.165) is 29.4 Å². The van der Waals surface area contributed by atoms with Crippen LogP contribution < -0.4 is 4.74 Å². The summed E-state index contributed by atoms with van der Waals surface area (Å²) in [6.07, 6.45) is 3.51. The third-order valence-electron chi connectivity index (χ3n) is 4.42. The van der Waals surface area contributed by atoms with E-state index in [-0.39, 0.29) is 5.91 Å². The highest BCUT2D eigenvalue weighted by Crippen LogP contribution is 2.26. The summed E-state index contributed by atoms with van der Waals surface area (Å²) in [7, 11) is 1.66. The summed E-state index contributed by atoms with van der Waals surface area (Å²) in [6.45, 7) is 1.85. The van der Waals surface area contributed by atoms with Gasteiger partial charge in [0.1, 0.15) is 17.3 Å². The fourth-order valence-electron chi connectivity index (χ4n) is 3.08. The summed E-state index contributed by atoms with van der Waals surface area (Å²) in [5.74, 6) is 1.66. The molecule has 0 saturated carbocycles. The maximum atomic E-state index is 12.6. The number of hydrogen-bond donors (Lipinski definition) is 0. The van der Waals surface area contributed by atoms with Crippen LogP contribution in [0.15, 0.2) is 54.9 Å². The van der Waals surface area contributed by atoms with Gasteiger partial charge >= 0.3 is 0 Å². The van der Waals surface area contributed by atoms with Gasteiger partial charge in [0.15, 0.2) is 0 Å². The number of ether oxygens (including phenoxy) is 1. The molecule has 6 nitrogen and oxygen atoms in total. The third kappa shape index (κ3) is 2.87. The third-order valence-corrected chi connectivity index (χ3v) is 4.42. The maximum Gasteiger partial charge on any atom is 0.272 e. The number of benzene rings is 1. The van der Waals surface area contributed by atoms with E-state index in [0.29, 0.717) is 18.8 Å². The topological polar surface area (TPSA) is 60.2 Å². The number of fused-ring (bicyclic) bond motifs is 1. The molecular weight excluding hydrogens is 316 g/mol. The van der Waals surface area contributed by atoms with Gasteiger partial charge in [0.05, 0.1) is 25.5 Å². The number of aromatic nitrogens is 3. The number of methoxy groups -OCH3 is 1. The first-order valence-corrected chi connectivity index (χ1v) is 8.15. The Labute approximate surface area is 145 Å². The van der Waals surface area contributed by atoms with Crippen LogP contribution in [0, 0.1) is 0 Å². The molecule has 0 unspecified atom stereocenters. The highest BCUT2D eigenvalue weighted by atomic mass is 16.5. The van der Waals surface area contributed by atoms with Gasteiger partial charge in [-0.05, 0) is 36.4 Å². The molecule has 1 aromatic carbocycles. The van der Waals surface area contributed by atoms with Gasteiger partial charge in [-0.1, -0.05) is 6.07 Å². The van der Waals surface area contributed by atoms with Crippen molar-refractivity contribution in [3.05, 3.63) is 66.4 Å². The first kappa shape index (κ1) is 15.4. The van der Waals surface area contributed by atoms with Gasteiger partial charge in [0.25, 0.3) is 5.91 Å². The zero-order chi connectivity index (χ0) is 17.2. The minimum absolute atomic E-state index is 0.0548. The lowest BCUT2D eigenvalue weighted by atomic mass is 10.1. The van der Waals surface area contributed by atoms with Crippen LogP contribution in [0.4, 0.5) is 0 Å². The van der Waals surface area contributed by atoms with Gasteiger partial charge in [-0.15, -0.1) is 0 Å². The largest absolute Gasteiger partial charge is 0.497 e. The Kier molecular flexibility index (Phi) is 3.93. The second-order valence-electron chi connectivity index (χ2n) is 5.88. The molecule has 0 bridgehead atoms. The van der Waals surface area contributed by atoms with E-state index in [9.17, 15) is 4.79 Å². The van der Waals surface area contributed by atoms with E-state index in [1.165, 1.54) is 0 Å². The van der Waals surface area contributed by atoms with Crippen LogP contribution in [0.1, 0.15) is 16.3 Å². The molecule has 3 aromatic rings. The highest BCUT2D eigenvalue weighted by molar-refractivity contribution is 5.92. The van der Waals surface area contributed by atoms with Crippen molar-refractivity contribution in [2.75, 3.05) is 13.7 Å². The molecular formula is C19H18N4O2. The van der Waals surface area contributed by atoms with Crippen molar-refractivity contribution in [1.29, 1.82) is 0 Å². The summed E-state index contributed by atoms with van der Waals surface area (Å²) < 4.78 is 7.38. The summed E-state index contributed by atoms with van der Waals surface area (Å²) in [4.78, 5) is 23.0. The Balaban J connectivity index is 1.57. The molecule has 0 fully saturated rings. The molecule has 25 heavy (non-hydrogen) atoms. The number of carbonyl (C=O) groups excluding carboxylic acids is 1. The van der Waals surface area contributed by atoms with Crippen LogP contribution >= 0.6 is 0 Å². The molecule has 0 saturated heterocycles. The molecule has 0 atom stereocenters. The second kappa shape index (κ2) is 6.39. The Morgan fingerprint density at radius 1 is 1.08 bits per heavy atom. The molecule has 1 aliphatic heterocycles. The quantitative estimate of drug-likeness (QED) is 0.739. The average molecular weight is 334 g/mol. The Morgan fingerprint density at radius 2 is 1.92 bits per heavy atom. The van der Waals surface area contributed by atoms with Crippen molar-refractivity contribution in [2.45, 2.75) is 13.1 Å². The highest BCUT2D eigenvalue weighted by Gasteiger charge is 2.25. The fraction of sp³-hybridized carbons (Fsp3) is 0.211. The van der Waals surface area contributed by atoms with Crippen LogP contribution in [0.5, 0.6) is 5.75 Å². The smallest absolute Gasteiger partial charge is 0.272 e. The lowest BCUT2D eigenvalue weighted by molar-refractivity contribution is 0.0702. The lowest BCUT2D eigenvalue weighted by Crippen LogP contribution is -2.38. The fourth-order valence-corrected chi connectivity index (χ4v) is 3.08. The minimum atomic E-state index is -0.0548. The van der Waals surface area contributed by atoms with Crippen molar-refractivity contribution in [1.82, 2.24) is 19.4 Å². The van der Waals surface area contributed by atoms with Crippen molar-refractivity contribution >= 4 is 5.91 Å². The number of hydrogen-bond acceptors (Lipinski definition) is 4. The molecule has 3 heterocycles. The van der Waals surface area contributed by atoms with Crippen LogP contribution in [-0.2, 0) is 13.1 Å². The molecule has 0 N–H and O–H groups in total. The van der Waals surface area contributed by atoms with E-state index in [1.54, 1.807) is 30.3 Å². The molecule has 1 amide bonds. The maximum absolute atomic E-state index is 12.6. The lowest BCUT2D eigenvalue weighted by Gasteiger charge is -2.28. The minimum Gasteiger partial charge on any atom is -0.497 e. The van der Waals surface area contributed by atoms with Crippen molar-refractivity contribution in [2.24, 2.45) is 0 Å². The van der Waals surface area contributed by atoms with Gasteiger partial charge < -0.3 is 14.2 Å². The Hall–Kier alpha value is -3.15. The molecule has 2 aromatic heterocycles. The van der Waals surface area contributed by atoms with Gasteiger partial charge in [0, 0.05) is 24.8 Å². The Morgan fingerprint density at radius 3 is 2.64 bits per heavy atom. The van der Waals surface area contributed by atoms with Crippen LogP contribution in [0.25, 0.3) is 11.3 Å². The van der Waals surface area contributed by atoms with E-state index >= 15 is 0 Å². The SMILES string of the molecule is COc1ccc(-c2cnc3n2CCN(C(=O)c2ccccn2)C3)cc1.